The molecule has 1 fully saturated rings. The van der Waals surface area contributed by atoms with Crippen LogP contribution in [0.4, 0.5) is 0 Å². The number of carbonyl (C=O) groups excluding carboxylic acids is 1. The molecule has 0 radical (unpaired) electrons. The molecule has 0 bridgehead atoms. The van der Waals surface area contributed by atoms with Crippen LogP contribution in [0.15, 0.2) is 41.3 Å². The Labute approximate surface area is 223 Å². The molecule has 0 aliphatic carbocycles. The highest BCUT2D eigenvalue weighted by atomic mass is 35.5. The van der Waals surface area contributed by atoms with Crippen molar-refractivity contribution >= 4 is 37.5 Å². The van der Waals surface area contributed by atoms with E-state index in [-0.39, 0.29) is 10.5 Å². The highest BCUT2D eigenvalue weighted by Gasteiger charge is 2.53. The van der Waals surface area contributed by atoms with E-state index in [0.29, 0.717) is 5.02 Å². The number of esters is 1. The van der Waals surface area contributed by atoms with Crippen LogP contribution in [-0.2, 0) is 23.4 Å². The number of nitrogens with zero attached hydrogens (tertiary/aromatic N) is 1. The lowest BCUT2D eigenvalue weighted by atomic mass is 9.96. The van der Waals surface area contributed by atoms with Gasteiger partial charge in [0.2, 0.25) is 0 Å². The molecule has 1 aromatic heterocycles. The quantitative estimate of drug-likeness (QED) is 0.187. The number of halogens is 1. The second-order valence-corrected chi connectivity index (χ2v) is 11.4. The molecule has 1 aliphatic rings. The van der Waals surface area contributed by atoms with E-state index < -0.39 is 62.1 Å². The van der Waals surface area contributed by atoms with Gasteiger partial charge < -0.3 is 24.2 Å². The summed E-state index contributed by atoms with van der Waals surface area (Å²) in [6.45, 7) is 5.56. The second kappa shape index (κ2) is 11.7. The van der Waals surface area contributed by atoms with Gasteiger partial charge in [0.25, 0.3) is 5.56 Å². The molecule has 0 saturated carbocycles. The van der Waals surface area contributed by atoms with Crippen molar-refractivity contribution in [3.8, 4) is 5.75 Å². The fraction of sp³-hybridized carbons (Fsp3) is 0.500. The minimum Gasteiger partial charge on any atom is -0.462 e. The maximum atomic E-state index is 13.7. The minimum absolute atomic E-state index is 0.0394. The summed E-state index contributed by atoms with van der Waals surface area (Å²) >= 11 is 11.0. The highest BCUT2D eigenvalue weighted by molar-refractivity contribution is 7.71. The van der Waals surface area contributed by atoms with Crippen molar-refractivity contribution in [2.75, 3.05) is 6.61 Å². The maximum absolute atomic E-state index is 13.7. The zero-order valence-electron chi connectivity index (χ0n) is 20.5. The Bertz CT molecular complexity index is 1270. The molecule has 3 rings (SSSR count). The van der Waals surface area contributed by atoms with Crippen molar-refractivity contribution in [2.45, 2.75) is 63.9 Å². The van der Waals surface area contributed by atoms with Gasteiger partial charge in [0.15, 0.2) is 11.0 Å². The smallest absolute Gasteiger partial charge is 0.459 e. The van der Waals surface area contributed by atoms with Crippen molar-refractivity contribution in [2.24, 2.45) is 0 Å². The first-order valence-electron chi connectivity index (χ1n) is 11.3. The van der Waals surface area contributed by atoms with E-state index in [1.165, 1.54) is 54.9 Å². The Morgan fingerprint density at radius 2 is 1.97 bits per heavy atom. The Morgan fingerprint density at radius 3 is 2.57 bits per heavy atom. The van der Waals surface area contributed by atoms with Gasteiger partial charge in [-0.1, -0.05) is 11.6 Å². The number of rotatable bonds is 10. The second-order valence-electron chi connectivity index (χ2n) is 8.89. The van der Waals surface area contributed by atoms with Crippen LogP contribution in [0, 0.1) is 4.77 Å². The number of hydrogen-bond acceptors (Lipinski definition) is 10. The minimum atomic E-state index is -4.28. The molecule has 0 amide bonds. The van der Waals surface area contributed by atoms with Crippen LogP contribution in [0.2, 0.25) is 5.02 Å². The van der Waals surface area contributed by atoms with E-state index in [2.05, 4.69) is 10.1 Å². The molecule has 0 spiro atoms. The molecule has 2 heterocycles. The van der Waals surface area contributed by atoms with Gasteiger partial charge in [-0.05, 0) is 64.2 Å². The number of aromatic amines is 1. The van der Waals surface area contributed by atoms with Crippen LogP contribution in [0.3, 0.4) is 0 Å². The molecule has 1 saturated heterocycles. The normalized spacial score (nSPS) is 26.0. The highest BCUT2D eigenvalue weighted by Crippen LogP contribution is 2.47. The number of aromatic nitrogens is 2. The molecular weight excluding hydrogens is 549 g/mol. The molecular formula is C22H29ClN3O9PS. The van der Waals surface area contributed by atoms with Crippen LogP contribution in [-0.4, -0.2) is 62.3 Å². The molecule has 15 heteroatoms. The average Bonchev–Trinajstić information content (AvgIpc) is 3.02. The molecule has 12 nitrogen and oxygen atoms in total. The molecule has 1 aromatic carbocycles. The van der Waals surface area contributed by atoms with Gasteiger partial charge in [-0.15, -0.1) is 0 Å². The third-order valence-corrected chi connectivity index (χ3v) is 7.57. The molecule has 2 unspecified atom stereocenters. The number of carbonyl (C=O) groups is 1. The fourth-order valence-corrected chi connectivity index (χ4v) is 5.40. The predicted molar refractivity (Wildman–Crippen MR) is 136 cm³/mol. The first-order valence-corrected chi connectivity index (χ1v) is 13.6. The van der Waals surface area contributed by atoms with Crippen molar-refractivity contribution in [1.29, 1.82) is 0 Å². The molecule has 37 heavy (non-hydrogen) atoms. The predicted octanol–water partition coefficient (Wildman–Crippen LogP) is 2.70. The zero-order chi connectivity index (χ0) is 27.5. The van der Waals surface area contributed by atoms with Gasteiger partial charge in [0.05, 0.1) is 12.7 Å². The fourth-order valence-electron chi connectivity index (χ4n) is 3.51. The molecule has 204 valence electrons. The van der Waals surface area contributed by atoms with Gasteiger partial charge in [-0.2, -0.15) is 5.09 Å². The summed E-state index contributed by atoms with van der Waals surface area (Å²) < 4.78 is 37.0. The van der Waals surface area contributed by atoms with Gasteiger partial charge in [-0.25, -0.2) is 4.57 Å². The third kappa shape index (κ3) is 7.27. The monoisotopic (exact) mass is 577 g/mol. The number of aliphatic hydroxyl groups is 2. The summed E-state index contributed by atoms with van der Waals surface area (Å²) in [5, 5.41) is 24.7. The van der Waals surface area contributed by atoms with Gasteiger partial charge in [-0.3, -0.25) is 23.7 Å². The average molecular weight is 578 g/mol. The van der Waals surface area contributed by atoms with Crippen molar-refractivity contribution in [3.05, 3.63) is 56.7 Å². The van der Waals surface area contributed by atoms with Crippen molar-refractivity contribution in [1.82, 2.24) is 14.6 Å². The molecule has 6 atom stereocenters. The maximum Gasteiger partial charge on any atom is 0.459 e. The van der Waals surface area contributed by atoms with E-state index in [1.54, 1.807) is 13.8 Å². The SMILES string of the molecule is CC(C)OC(=O)[C@H](C)NP(=O)(OC[C@H]1O[C@@H](n2ccc(=O)[nH]c2=S)[C@](C)(O)C1O)Oc1ccc(Cl)cc1. The largest absolute Gasteiger partial charge is 0.462 e. The molecule has 1 aliphatic heterocycles. The summed E-state index contributed by atoms with van der Waals surface area (Å²) in [7, 11) is -4.28. The van der Waals surface area contributed by atoms with Crippen LogP contribution in [0.5, 0.6) is 5.75 Å². The Hall–Kier alpha value is -2.09. The lowest BCUT2D eigenvalue weighted by Gasteiger charge is -2.28. The van der Waals surface area contributed by atoms with E-state index in [4.69, 9.17) is 42.3 Å². The Balaban J connectivity index is 1.81. The van der Waals surface area contributed by atoms with E-state index in [0.717, 1.165) is 0 Å². The first-order chi connectivity index (χ1) is 17.2. The van der Waals surface area contributed by atoms with Gasteiger partial charge in [0.1, 0.15) is 29.6 Å². The summed E-state index contributed by atoms with van der Waals surface area (Å²) in [6, 6.07) is 6.02. The number of benzene rings is 1. The Morgan fingerprint density at radius 1 is 1.32 bits per heavy atom. The molecule has 4 N–H and O–H groups in total. The summed E-state index contributed by atoms with van der Waals surface area (Å²) in [4.78, 5) is 26.2. The number of nitrogens with one attached hydrogen (secondary N) is 2. The number of hydrogen-bond donors (Lipinski definition) is 4. The molecule has 2 aromatic rings. The van der Waals surface area contributed by atoms with Gasteiger partial charge in [0, 0.05) is 17.3 Å². The van der Waals surface area contributed by atoms with E-state index >= 15 is 0 Å². The number of ether oxygens (including phenoxy) is 2. The summed E-state index contributed by atoms with van der Waals surface area (Å²) in [6.07, 6.45) is -3.01. The van der Waals surface area contributed by atoms with Crippen LogP contribution >= 0.6 is 31.6 Å². The van der Waals surface area contributed by atoms with Crippen molar-refractivity contribution < 1.29 is 38.1 Å². The number of H-pyrrole nitrogens is 1. The third-order valence-electron chi connectivity index (χ3n) is 5.36. The van der Waals surface area contributed by atoms with Crippen LogP contribution < -0.4 is 15.2 Å². The lowest BCUT2D eigenvalue weighted by Crippen LogP contribution is -2.45. The lowest BCUT2D eigenvalue weighted by molar-refractivity contribution is -0.149. The number of aliphatic hydroxyl groups excluding tert-OH is 1. The topological polar surface area (TPSA) is 161 Å². The first kappa shape index (κ1) is 29.5. The van der Waals surface area contributed by atoms with Crippen LogP contribution in [0.1, 0.15) is 33.9 Å². The van der Waals surface area contributed by atoms with Crippen LogP contribution in [0.25, 0.3) is 0 Å². The van der Waals surface area contributed by atoms with Gasteiger partial charge >= 0.3 is 13.7 Å². The van der Waals surface area contributed by atoms with E-state index in [9.17, 15) is 24.4 Å². The van der Waals surface area contributed by atoms with Crippen molar-refractivity contribution in [3.63, 3.8) is 0 Å². The zero-order valence-corrected chi connectivity index (χ0v) is 23.0. The standard InChI is InChI=1S/C22H29ClN3O9PS/c1-12(2)33-19(29)13(3)25-36(31,35-15-7-5-14(23)6-8-15)32-11-16-18(28)22(4,30)20(34-16)26-10-9-17(27)24-21(26)37/h5-10,12-13,16,18,20,28,30H,11H2,1-4H3,(H,25,31)(H,24,27,37)/t13-,16+,18?,20+,22+,36?/m0/s1. The summed E-state index contributed by atoms with van der Waals surface area (Å²) in [5.41, 5.74) is -2.32. The van der Waals surface area contributed by atoms with E-state index in [1.807, 2.05) is 0 Å². The summed E-state index contributed by atoms with van der Waals surface area (Å²) in [5.74, 6) is -0.562. The Kier molecular flexibility index (Phi) is 9.36.